The number of piperazine rings is 1. The Kier molecular flexibility index (Phi) is 12.2. The van der Waals surface area contributed by atoms with Crippen LogP contribution in [0, 0.1) is 0 Å². The summed E-state index contributed by atoms with van der Waals surface area (Å²) in [4.78, 5) is 5.26. The Morgan fingerprint density at radius 3 is 2.08 bits per heavy atom. The van der Waals surface area contributed by atoms with Gasteiger partial charge in [0.2, 0.25) is 0 Å². The molecule has 1 rings (SSSR count). The molecule has 0 spiro atoms. The summed E-state index contributed by atoms with van der Waals surface area (Å²) in [7, 11) is -0.249. The molecule has 0 aromatic rings. The van der Waals surface area contributed by atoms with Crippen molar-refractivity contribution in [2.75, 3.05) is 52.5 Å². The molecule has 1 fully saturated rings. The predicted octanol–water partition coefficient (Wildman–Crippen LogP) is 2.56. The molecule has 0 saturated carbocycles. The minimum atomic E-state index is -0.774. The number of likely N-dealkylation sites (N-methyl/N-ethyl adjacent to an activating group) is 2. The van der Waals surface area contributed by atoms with Crippen LogP contribution >= 0.6 is 0 Å². The van der Waals surface area contributed by atoms with Crippen molar-refractivity contribution in [3.05, 3.63) is 0 Å². The number of hydrogen-bond donors (Lipinski definition) is 0. The summed E-state index contributed by atoms with van der Waals surface area (Å²) in [6.07, 6.45) is 2.65. The zero-order valence-electron chi connectivity index (χ0n) is 17.4. The summed E-state index contributed by atoms with van der Waals surface area (Å²) in [6.45, 7) is 18.6. The van der Waals surface area contributed by atoms with Gasteiger partial charge in [0.15, 0.2) is 0 Å². The molecule has 0 amide bonds. The summed E-state index contributed by atoms with van der Waals surface area (Å²) in [6, 6.07) is 3.03. The van der Waals surface area contributed by atoms with Crippen molar-refractivity contribution in [3.8, 4) is 0 Å². The molecule has 1 atom stereocenters. The van der Waals surface area contributed by atoms with Gasteiger partial charge in [-0.2, -0.15) is 0 Å². The second-order valence-electron chi connectivity index (χ2n) is 6.76. The first-order valence-corrected chi connectivity index (χ1v) is 12.5. The summed E-state index contributed by atoms with van der Waals surface area (Å²) in [5, 5.41) is 0. The standard InChI is InChI=1S/C19H42N2O3Si/c1-6-20-13-14-21(7-2)18(16-20)12-11-15-25-17-19(22-8-3,23-9-4)24-10-5/h18H,6-17,25H2,1-5H3. The molecule has 1 unspecified atom stereocenters. The Labute approximate surface area is 158 Å². The summed E-state index contributed by atoms with van der Waals surface area (Å²) >= 11 is 0. The number of hydrogen-bond acceptors (Lipinski definition) is 5. The van der Waals surface area contributed by atoms with Gasteiger partial charge in [-0.1, -0.05) is 26.3 Å². The van der Waals surface area contributed by atoms with Crippen LogP contribution in [0.15, 0.2) is 0 Å². The molecule has 0 N–H and O–H groups in total. The van der Waals surface area contributed by atoms with Crippen molar-refractivity contribution in [1.82, 2.24) is 9.80 Å². The zero-order chi connectivity index (χ0) is 18.5. The Morgan fingerprint density at radius 1 is 0.920 bits per heavy atom. The maximum Gasteiger partial charge on any atom is 0.279 e. The first kappa shape index (κ1) is 23.1. The van der Waals surface area contributed by atoms with E-state index < -0.39 is 5.97 Å². The van der Waals surface area contributed by atoms with Crippen LogP contribution in [-0.4, -0.2) is 83.9 Å². The Bertz CT molecular complexity index is 317. The first-order chi connectivity index (χ1) is 12.1. The predicted molar refractivity (Wildman–Crippen MR) is 108 cm³/mol. The van der Waals surface area contributed by atoms with Crippen molar-refractivity contribution in [2.24, 2.45) is 0 Å². The highest BCUT2D eigenvalue weighted by Gasteiger charge is 2.32. The van der Waals surface area contributed by atoms with Crippen molar-refractivity contribution in [1.29, 1.82) is 0 Å². The second-order valence-corrected chi connectivity index (χ2v) is 8.67. The smallest absolute Gasteiger partial charge is 0.279 e. The topological polar surface area (TPSA) is 34.2 Å². The molecule has 0 bridgehead atoms. The van der Waals surface area contributed by atoms with E-state index in [4.69, 9.17) is 14.2 Å². The lowest BCUT2D eigenvalue weighted by molar-refractivity contribution is -0.365. The van der Waals surface area contributed by atoms with Gasteiger partial charge in [0, 0.05) is 61.1 Å². The van der Waals surface area contributed by atoms with Crippen molar-refractivity contribution < 1.29 is 14.2 Å². The van der Waals surface area contributed by atoms with E-state index in [0.29, 0.717) is 19.8 Å². The van der Waals surface area contributed by atoms with E-state index in [9.17, 15) is 0 Å². The molecule has 25 heavy (non-hydrogen) atoms. The molecule has 1 aliphatic rings. The van der Waals surface area contributed by atoms with Crippen LogP contribution in [0.3, 0.4) is 0 Å². The summed E-state index contributed by atoms with van der Waals surface area (Å²) in [5.41, 5.74) is 0. The molecule has 150 valence electrons. The maximum atomic E-state index is 5.85. The lowest BCUT2D eigenvalue weighted by Gasteiger charge is -2.41. The minimum absolute atomic E-state index is 0.249. The average Bonchev–Trinajstić information content (AvgIpc) is 2.62. The molecule has 0 aromatic carbocycles. The highest BCUT2D eigenvalue weighted by Crippen LogP contribution is 2.22. The minimum Gasteiger partial charge on any atom is -0.328 e. The van der Waals surface area contributed by atoms with Gasteiger partial charge in [-0.05, 0) is 40.3 Å². The molecule has 0 radical (unpaired) electrons. The van der Waals surface area contributed by atoms with Crippen molar-refractivity contribution in [2.45, 2.75) is 71.6 Å². The third-order valence-electron chi connectivity index (χ3n) is 5.16. The maximum absolute atomic E-state index is 5.85. The van der Waals surface area contributed by atoms with Gasteiger partial charge in [0.1, 0.15) is 0 Å². The van der Waals surface area contributed by atoms with Crippen LogP contribution < -0.4 is 0 Å². The Morgan fingerprint density at radius 2 is 1.56 bits per heavy atom. The van der Waals surface area contributed by atoms with Crippen LogP contribution in [0.4, 0.5) is 0 Å². The molecule has 0 aliphatic carbocycles. The van der Waals surface area contributed by atoms with Crippen LogP contribution in [0.25, 0.3) is 0 Å². The quantitative estimate of drug-likeness (QED) is 0.265. The molecule has 1 heterocycles. The molecule has 1 aliphatic heterocycles. The van der Waals surface area contributed by atoms with Gasteiger partial charge in [0.25, 0.3) is 5.97 Å². The second kappa shape index (κ2) is 13.2. The highest BCUT2D eigenvalue weighted by atomic mass is 28.2. The van der Waals surface area contributed by atoms with E-state index in [1.54, 1.807) is 0 Å². The Hall–Kier alpha value is 0.0169. The largest absolute Gasteiger partial charge is 0.328 e. The molecule has 6 heteroatoms. The van der Waals surface area contributed by atoms with E-state index in [2.05, 4.69) is 23.6 Å². The van der Waals surface area contributed by atoms with E-state index >= 15 is 0 Å². The fourth-order valence-electron chi connectivity index (χ4n) is 3.83. The lowest BCUT2D eigenvalue weighted by Crippen LogP contribution is -2.52. The van der Waals surface area contributed by atoms with E-state index in [1.807, 2.05) is 20.8 Å². The first-order valence-electron chi connectivity index (χ1n) is 10.5. The summed E-state index contributed by atoms with van der Waals surface area (Å²) < 4.78 is 17.5. The summed E-state index contributed by atoms with van der Waals surface area (Å²) in [5.74, 6) is -0.774. The average molecular weight is 375 g/mol. The third-order valence-corrected chi connectivity index (χ3v) is 7.12. The third kappa shape index (κ3) is 8.06. The fourth-order valence-corrected chi connectivity index (χ4v) is 5.59. The van der Waals surface area contributed by atoms with Gasteiger partial charge in [-0.25, -0.2) is 0 Å². The van der Waals surface area contributed by atoms with Crippen LogP contribution in [0.2, 0.25) is 12.1 Å². The van der Waals surface area contributed by atoms with Crippen molar-refractivity contribution in [3.63, 3.8) is 0 Å². The molecule has 1 saturated heterocycles. The normalized spacial score (nSPS) is 20.8. The van der Waals surface area contributed by atoms with Gasteiger partial charge in [-0.15, -0.1) is 0 Å². The fraction of sp³-hybridized carbons (Fsp3) is 1.00. The lowest BCUT2D eigenvalue weighted by atomic mass is 10.1. The van der Waals surface area contributed by atoms with Gasteiger partial charge < -0.3 is 19.1 Å². The van der Waals surface area contributed by atoms with Gasteiger partial charge in [0.05, 0.1) is 0 Å². The van der Waals surface area contributed by atoms with E-state index in [0.717, 1.165) is 12.1 Å². The number of ether oxygens (including phenoxy) is 3. The van der Waals surface area contributed by atoms with Crippen molar-refractivity contribution >= 4 is 9.52 Å². The Balaban J connectivity index is 2.36. The SMILES string of the molecule is CCOC(C[SiH2]CCCC1CN(CC)CCN1CC)(OCC)OCC. The number of nitrogens with zero attached hydrogens (tertiary/aromatic N) is 2. The van der Waals surface area contributed by atoms with Gasteiger partial charge >= 0.3 is 0 Å². The van der Waals surface area contributed by atoms with Crippen LogP contribution in [-0.2, 0) is 14.2 Å². The molecular weight excluding hydrogens is 332 g/mol. The van der Waals surface area contributed by atoms with E-state index in [1.165, 1.54) is 51.6 Å². The van der Waals surface area contributed by atoms with Gasteiger partial charge in [-0.3, -0.25) is 4.90 Å². The monoisotopic (exact) mass is 374 g/mol. The molecule has 5 nitrogen and oxygen atoms in total. The molecular formula is C19H42N2O3Si. The van der Waals surface area contributed by atoms with E-state index in [-0.39, 0.29) is 9.52 Å². The van der Waals surface area contributed by atoms with Crippen LogP contribution in [0.5, 0.6) is 0 Å². The zero-order valence-corrected chi connectivity index (χ0v) is 18.8. The van der Waals surface area contributed by atoms with Crippen LogP contribution in [0.1, 0.15) is 47.5 Å². The molecule has 0 aromatic heterocycles. The highest BCUT2D eigenvalue weighted by molar-refractivity contribution is 6.35. The number of rotatable bonds is 14.